The number of anilines is 1. The third kappa shape index (κ3) is 4.20. The summed E-state index contributed by atoms with van der Waals surface area (Å²) >= 11 is 6.11. The van der Waals surface area contributed by atoms with Crippen LogP contribution >= 0.6 is 11.6 Å². The monoisotopic (exact) mass is 357 g/mol. The van der Waals surface area contributed by atoms with Crippen LogP contribution in [-0.4, -0.2) is 11.9 Å². The lowest BCUT2D eigenvalue weighted by molar-refractivity contribution is -0.156. The standard InChI is InChI=1S/C20H20ClNO3/c1-12-8-9-15(11-17(12)21)22-19(23)18(14-6-4-3-5-7-14)25-20(24)16-10-13(16)2/h3-9,11,13,16,18H,10H2,1-2H3,(H,22,23)/t13-,16-,18-/m1/s1. The van der Waals surface area contributed by atoms with Gasteiger partial charge in [0.15, 0.2) is 0 Å². The number of aryl methyl sites for hydroxylation is 1. The molecule has 1 saturated carbocycles. The number of ether oxygens (including phenoxy) is 1. The molecule has 0 aliphatic heterocycles. The average Bonchev–Trinajstić information content (AvgIpc) is 3.33. The summed E-state index contributed by atoms with van der Waals surface area (Å²) in [6.45, 7) is 3.89. The van der Waals surface area contributed by atoms with Gasteiger partial charge in [-0.15, -0.1) is 0 Å². The van der Waals surface area contributed by atoms with E-state index in [9.17, 15) is 9.59 Å². The van der Waals surface area contributed by atoms with Crippen LogP contribution in [0.5, 0.6) is 0 Å². The molecule has 2 aromatic rings. The number of benzene rings is 2. The van der Waals surface area contributed by atoms with Gasteiger partial charge in [-0.25, -0.2) is 0 Å². The first-order valence-corrected chi connectivity index (χ1v) is 8.66. The molecule has 1 N–H and O–H groups in total. The second-order valence-electron chi connectivity index (χ2n) is 6.50. The molecule has 130 valence electrons. The zero-order valence-electron chi connectivity index (χ0n) is 14.2. The molecular formula is C20H20ClNO3. The number of carbonyl (C=O) groups is 2. The lowest BCUT2D eigenvalue weighted by Crippen LogP contribution is -2.26. The van der Waals surface area contributed by atoms with E-state index in [-0.39, 0.29) is 11.9 Å². The minimum Gasteiger partial charge on any atom is -0.447 e. The summed E-state index contributed by atoms with van der Waals surface area (Å²) in [4.78, 5) is 25.0. The van der Waals surface area contributed by atoms with Crippen LogP contribution < -0.4 is 5.32 Å². The highest BCUT2D eigenvalue weighted by Gasteiger charge is 2.42. The van der Waals surface area contributed by atoms with E-state index < -0.39 is 12.0 Å². The van der Waals surface area contributed by atoms with Gasteiger partial charge in [0.05, 0.1) is 5.92 Å². The molecule has 1 fully saturated rings. The van der Waals surface area contributed by atoms with Gasteiger partial charge >= 0.3 is 5.97 Å². The number of carbonyl (C=O) groups excluding carboxylic acids is 2. The summed E-state index contributed by atoms with van der Waals surface area (Å²) < 4.78 is 5.53. The van der Waals surface area contributed by atoms with Gasteiger partial charge in [0.1, 0.15) is 0 Å². The van der Waals surface area contributed by atoms with Crippen LogP contribution in [0.2, 0.25) is 5.02 Å². The number of hydrogen-bond donors (Lipinski definition) is 1. The van der Waals surface area contributed by atoms with Crippen molar-refractivity contribution in [2.45, 2.75) is 26.4 Å². The van der Waals surface area contributed by atoms with Crippen molar-refractivity contribution in [1.82, 2.24) is 0 Å². The van der Waals surface area contributed by atoms with Gasteiger partial charge < -0.3 is 10.1 Å². The second kappa shape index (κ2) is 7.28. The maximum absolute atomic E-state index is 12.7. The Kier molecular flexibility index (Phi) is 5.09. The van der Waals surface area contributed by atoms with Crippen molar-refractivity contribution in [1.29, 1.82) is 0 Å². The smallest absolute Gasteiger partial charge is 0.310 e. The largest absolute Gasteiger partial charge is 0.447 e. The molecule has 0 radical (unpaired) electrons. The van der Waals surface area contributed by atoms with E-state index in [1.807, 2.05) is 38.1 Å². The Labute approximate surface area is 152 Å². The zero-order chi connectivity index (χ0) is 18.0. The van der Waals surface area contributed by atoms with Crippen molar-refractivity contribution in [2.75, 3.05) is 5.32 Å². The third-order valence-electron chi connectivity index (χ3n) is 4.43. The van der Waals surface area contributed by atoms with E-state index >= 15 is 0 Å². The molecule has 1 amide bonds. The van der Waals surface area contributed by atoms with Crippen LogP contribution in [0.1, 0.15) is 30.6 Å². The normalized spacial score (nSPS) is 19.8. The lowest BCUT2D eigenvalue weighted by atomic mass is 10.1. The molecule has 0 unspecified atom stereocenters. The first kappa shape index (κ1) is 17.5. The van der Waals surface area contributed by atoms with Crippen molar-refractivity contribution in [3.05, 3.63) is 64.7 Å². The molecule has 3 atom stereocenters. The summed E-state index contributed by atoms with van der Waals surface area (Å²) in [6.07, 6.45) is -0.170. The van der Waals surface area contributed by atoms with E-state index in [2.05, 4.69) is 5.32 Å². The van der Waals surface area contributed by atoms with Gasteiger partial charge in [0.2, 0.25) is 6.10 Å². The molecule has 4 nitrogen and oxygen atoms in total. The second-order valence-corrected chi connectivity index (χ2v) is 6.91. The quantitative estimate of drug-likeness (QED) is 0.800. The third-order valence-corrected chi connectivity index (χ3v) is 4.83. The Bertz CT molecular complexity index is 791. The molecule has 0 aromatic heterocycles. The van der Waals surface area contributed by atoms with Crippen LogP contribution in [0.25, 0.3) is 0 Å². The molecule has 25 heavy (non-hydrogen) atoms. The van der Waals surface area contributed by atoms with Crippen LogP contribution in [0.3, 0.4) is 0 Å². The Morgan fingerprint density at radius 1 is 1.20 bits per heavy atom. The van der Waals surface area contributed by atoms with Gasteiger partial charge in [0.25, 0.3) is 5.91 Å². The first-order valence-electron chi connectivity index (χ1n) is 8.28. The molecule has 2 aromatic carbocycles. The highest BCUT2D eigenvalue weighted by Crippen LogP contribution is 2.40. The topological polar surface area (TPSA) is 55.4 Å². The molecule has 1 aliphatic rings. The van der Waals surface area contributed by atoms with Crippen molar-refractivity contribution in [3.63, 3.8) is 0 Å². The van der Waals surface area contributed by atoms with Crippen LogP contribution in [0.15, 0.2) is 48.5 Å². The van der Waals surface area contributed by atoms with Crippen LogP contribution in [0.4, 0.5) is 5.69 Å². The van der Waals surface area contributed by atoms with E-state index in [1.165, 1.54) is 0 Å². The zero-order valence-corrected chi connectivity index (χ0v) is 14.9. The number of halogens is 1. The van der Waals surface area contributed by atoms with Gasteiger partial charge in [0, 0.05) is 16.3 Å². The number of amides is 1. The van der Waals surface area contributed by atoms with Crippen molar-refractivity contribution in [3.8, 4) is 0 Å². The van der Waals surface area contributed by atoms with Gasteiger partial charge in [-0.3, -0.25) is 9.59 Å². The Morgan fingerprint density at radius 3 is 2.48 bits per heavy atom. The van der Waals surface area contributed by atoms with E-state index in [1.54, 1.807) is 24.3 Å². The predicted octanol–water partition coefficient (Wildman–Crippen LogP) is 4.53. The fourth-order valence-corrected chi connectivity index (χ4v) is 2.81. The van der Waals surface area contributed by atoms with E-state index in [0.29, 0.717) is 22.2 Å². The van der Waals surface area contributed by atoms with Gasteiger partial charge in [-0.2, -0.15) is 0 Å². The fraction of sp³-hybridized carbons (Fsp3) is 0.300. The number of esters is 1. The Morgan fingerprint density at radius 2 is 1.88 bits per heavy atom. The molecule has 0 saturated heterocycles. The van der Waals surface area contributed by atoms with Gasteiger partial charge in [-0.05, 0) is 37.0 Å². The lowest BCUT2D eigenvalue weighted by Gasteiger charge is -2.18. The fourth-order valence-electron chi connectivity index (χ4n) is 2.63. The highest BCUT2D eigenvalue weighted by atomic mass is 35.5. The molecule has 0 spiro atoms. The molecule has 5 heteroatoms. The summed E-state index contributed by atoms with van der Waals surface area (Å²) in [6, 6.07) is 14.3. The van der Waals surface area contributed by atoms with Crippen LogP contribution in [0, 0.1) is 18.8 Å². The minimum atomic E-state index is -0.985. The van der Waals surface area contributed by atoms with Crippen molar-refractivity contribution < 1.29 is 14.3 Å². The number of rotatable bonds is 5. The number of nitrogens with one attached hydrogen (secondary N) is 1. The Balaban J connectivity index is 1.79. The summed E-state index contributed by atoms with van der Waals surface area (Å²) in [7, 11) is 0. The SMILES string of the molecule is Cc1ccc(NC(=O)[C@H](OC(=O)[C@@H]2C[C@H]2C)c2ccccc2)cc1Cl. The minimum absolute atomic E-state index is 0.104. The number of hydrogen-bond acceptors (Lipinski definition) is 3. The Hall–Kier alpha value is -2.33. The maximum Gasteiger partial charge on any atom is 0.310 e. The molecule has 0 heterocycles. The summed E-state index contributed by atoms with van der Waals surface area (Å²) in [5.41, 5.74) is 2.13. The van der Waals surface area contributed by atoms with Crippen molar-refractivity contribution >= 4 is 29.2 Å². The van der Waals surface area contributed by atoms with Gasteiger partial charge in [-0.1, -0.05) is 54.9 Å². The van der Waals surface area contributed by atoms with E-state index in [0.717, 1.165) is 12.0 Å². The van der Waals surface area contributed by atoms with Crippen molar-refractivity contribution in [2.24, 2.45) is 11.8 Å². The predicted molar refractivity (Wildman–Crippen MR) is 97.4 cm³/mol. The molecule has 1 aliphatic carbocycles. The molecule has 3 rings (SSSR count). The average molecular weight is 358 g/mol. The molecular weight excluding hydrogens is 338 g/mol. The summed E-state index contributed by atoms with van der Waals surface area (Å²) in [5.74, 6) is -0.498. The summed E-state index contributed by atoms with van der Waals surface area (Å²) in [5, 5.41) is 3.35. The van der Waals surface area contributed by atoms with E-state index in [4.69, 9.17) is 16.3 Å². The first-order chi connectivity index (χ1) is 12.0. The highest BCUT2D eigenvalue weighted by molar-refractivity contribution is 6.31. The van der Waals surface area contributed by atoms with Crippen LogP contribution in [-0.2, 0) is 14.3 Å². The maximum atomic E-state index is 12.7. The molecule has 0 bridgehead atoms.